The summed E-state index contributed by atoms with van der Waals surface area (Å²) in [4.78, 5) is 0. The van der Waals surface area contributed by atoms with Gasteiger partial charge in [0.2, 0.25) is 0 Å². The first-order valence-electron chi connectivity index (χ1n) is 5.45. The van der Waals surface area contributed by atoms with Gasteiger partial charge in [-0.2, -0.15) is 0 Å². The van der Waals surface area contributed by atoms with Crippen LogP contribution in [0.15, 0.2) is 12.1 Å². The molecular weight excluding hydrogens is 223 g/mol. The number of benzene rings is 1. The van der Waals surface area contributed by atoms with E-state index >= 15 is 0 Å². The fourth-order valence-corrected chi connectivity index (χ4v) is 1.69. The lowest BCUT2D eigenvalue weighted by atomic mass is 9.86. The number of ether oxygens (including phenoxy) is 2. The van der Waals surface area contributed by atoms with E-state index in [-0.39, 0.29) is 17.8 Å². The van der Waals surface area contributed by atoms with Gasteiger partial charge in [0, 0.05) is 12.2 Å². The van der Waals surface area contributed by atoms with Gasteiger partial charge in [-0.25, -0.2) is 4.39 Å². The Morgan fingerprint density at radius 3 is 2.35 bits per heavy atom. The van der Waals surface area contributed by atoms with Crippen LogP contribution in [0.3, 0.4) is 0 Å². The van der Waals surface area contributed by atoms with Crippen molar-refractivity contribution < 1.29 is 19.0 Å². The molecule has 1 aromatic rings. The monoisotopic (exact) mass is 242 g/mol. The lowest BCUT2D eigenvalue weighted by Crippen LogP contribution is -2.20. The smallest absolute Gasteiger partial charge is 0.165 e. The number of rotatable bonds is 5. The Hall–Kier alpha value is -1.29. The molecule has 0 aromatic heterocycles. The highest BCUT2D eigenvalue weighted by Gasteiger charge is 2.24. The summed E-state index contributed by atoms with van der Waals surface area (Å²) in [6.07, 6.45) is 0.480. The fourth-order valence-electron chi connectivity index (χ4n) is 1.69. The Morgan fingerprint density at radius 1 is 1.24 bits per heavy atom. The molecule has 0 bridgehead atoms. The van der Waals surface area contributed by atoms with E-state index in [9.17, 15) is 9.50 Å². The summed E-state index contributed by atoms with van der Waals surface area (Å²) in [5.41, 5.74) is 0.294. The van der Waals surface area contributed by atoms with Crippen LogP contribution in [-0.2, 0) is 6.42 Å². The summed E-state index contributed by atoms with van der Waals surface area (Å²) < 4.78 is 23.9. The van der Waals surface area contributed by atoms with Crippen LogP contribution in [-0.4, -0.2) is 25.9 Å². The quantitative estimate of drug-likeness (QED) is 0.861. The molecule has 1 rings (SSSR count). The van der Waals surface area contributed by atoms with Crippen LogP contribution in [0.5, 0.6) is 11.5 Å². The zero-order chi connectivity index (χ0) is 13.1. The van der Waals surface area contributed by atoms with Crippen molar-refractivity contribution >= 4 is 0 Å². The third-order valence-corrected chi connectivity index (χ3v) is 2.68. The largest absolute Gasteiger partial charge is 0.496 e. The van der Waals surface area contributed by atoms with E-state index in [1.165, 1.54) is 20.3 Å². The van der Waals surface area contributed by atoms with E-state index in [4.69, 9.17) is 9.47 Å². The second-order valence-electron chi connectivity index (χ2n) is 4.76. The van der Waals surface area contributed by atoms with Crippen LogP contribution in [0.1, 0.15) is 19.4 Å². The van der Waals surface area contributed by atoms with E-state index in [2.05, 4.69) is 0 Å². The molecule has 0 radical (unpaired) electrons. The third kappa shape index (κ3) is 3.09. The highest BCUT2D eigenvalue weighted by atomic mass is 19.1. The molecule has 0 aliphatic carbocycles. The minimum Gasteiger partial charge on any atom is -0.496 e. The van der Waals surface area contributed by atoms with E-state index in [1.54, 1.807) is 6.07 Å². The maximum absolute atomic E-state index is 13.6. The second kappa shape index (κ2) is 5.36. The third-order valence-electron chi connectivity index (χ3n) is 2.68. The predicted molar refractivity (Wildman–Crippen MR) is 64.1 cm³/mol. The molecule has 0 amide bonds. The van der Waals surface area contributed by atoms with E-state index in [1.807, 2.05) is 13.8 Å². The van der Waals surface area contributed by atoms with Crippen LogP contribution in [0.25, 0.3) is 0 Å². The van der Waals surface area contributed by atoms with Crippen molar-refractivity contribution in [1.29, 1.82) is 0 Å². The Bertz CT molecular complexity index is 388. The fraction of sp³-hybridized carbons (Fsp3) is 0.538. The lowest BCUT2D eigenvalue weighted by Gasteiger charge is -2.24. The van der Waals surface area contributed by atoms with Gasteiger partial charge in [0.15, 0.2) is 11.6 Å². The Labute approximate surface area is 101 Å². The van der Waals surface area contributed by atoms with E-state index < -0.39 is 5.82 Å². The van der Waals surface area contributed by atoms with E-state index in [0.29, 0.717) is 17.7 Å². The molecule has 17 heavy (non-hydrogen) atoms. The first-order chi connectivity index (χ1) is 7.95. The van der Waals surface area contributed by atoms with Crippen molar-refractivity contribution in [3.8, 4) is 11.5 Å². The summed E-state index contributed by atoms with van der Waals surface area (Å²) in [6, 6.07) is 2.88. The normalized spacial score (nSPS) is 11.4. The molecule has 0 fully saturated rings. The second-order valence-corrected chi connectivity index (χ2v) is 4.76. The molecule has 0 saturated heterocycles. The highest BCUT2D eigenvalue weighted by Crippen LogP contribution is 2.36. The topological polar surface area (TPSA) is 38.7 Å². The molecule has 0 atom stereocenters. The van der Waals surface area contributed by atoms with Gasteiger partial charge >= 0.3 is 0 Å². The molecule has 0 aliphatic rings. The number of hydrogen-bond acceptors (Lipinski definition) is 3. The lowest BCUT2D eigenvalue weighted by molar-refractivity contribution is 0.157. The van der Waals surface area contributed by atoms with Gasteiger partial charge in [-0.1, -0.05) is 13.8 Å². The summed E-state index contributed by atoms with van der Waals surface area (Å²) in [6.45, 7) is 3.81. The number of hydrogen-bond donors (Lipinski definition) is 1. The van der Waals surface area contributed by atoms with Crippen molar-refractivity contribution in [2.24, 2.45) is 5.41 Å². The van der Waals surface area contributed by atoms with Crippen molar-refractivity contribution in [3.63, 3.8) is 0 Å². The standard InChI is InChI=1S/C13H19FO3/c1-13(2,8-15)7-9-11(16-3)6-5-10(14)12(9)17-4/h5-6,15H,7-8H2,1-4H3. The summed E-state index contributed by atoms with van der Waals surface area (Å²) in [5.74, 6) is 0.340. The van der Waals surface area contributed by atoms with Crippen LogP contribution in [0, 0.1) is 11.2 Å². The SMILES string of the molecule is COc1ccc(F)c(OC)c1CC(C)(C)CO. The first kappa shape index (κ1) is 13.8. The maximum Gasteiger partial charge on any atom is 0.165 e. The van der Waals surface area contributed by atoms with Gasteiger partial charge < -0.3 is 14.6 Å². The molecule has 0 saturated carbocycles. The van der Waals surface area contributed by atoms with Crippen LogP contribution >= 0.6 is 0 Å². The molecule has 3 nitrogen and oxygen atoms in total. The van der Waals surface area contributed by atoms with Crippen molar-refractivity contribution in [1.82, 2.24) is 0 Å². The van der Waals surface area contributed by atoms with Crippen molar-refractivity contribution in [3.05, 3.63) is 23.5 Å². The van der Waals surface area contributed by atoms with Gasteiger partial charge in [-0.15, -0.1) is 0 Å². The molecule has 0 spiro atoms. The molecular formula is C13H19FO3. The predicted octanol–water partition coefficient (Wildman–Crippen LogP) is 2.40. The summed E-state index contributed by atoms with van der Waals surface area (Å²) in [7, 11) is 2.95. The zero-order valence-electron chi connectivity index (χ0n) is 10.7. The van der Waals surface area contributed by atoms with Crippen molar-refractivity contribution in [2.75, 3.05) is 20.8 Å². The average Bonchev–Trinajstić information content (AvgIpc) is 2.29. The maximum atomic E-state index is 13.6. The minimum absolute atomic E-state index is 0.00974. The minimum atomic E-state index is -0.419. The zero-order valence-corrected chi connectivity index (χ0v) is 10.7. The van der Waals surface area contributed by atoms with Gasteiger partial charge in [0.1, 0.15) is 5.75 Å². The molecule has 96 valence electrons. The first-order valence-corrected chi connectivity index (χ1v) is 5.45. The van der Waals surface area contributed by atoms with Crippen LogP contribution < -0.4 is 9.47 Å². The van der Waals surface area contributed by atoms with Crippen LogP contribution in [0.2, 0.25) is 0 Å². The number of halogens is 1. The van der Waals surface area contributed by atoms with Gasteiger partial charge in [-0.3, -0.25) is 0 Å². The number of methoxy groups -OCH3 is 2. The molecule has 0 unspecified atom stereocenters. The van der Waals surface area contributed by atoms with Crippen molar-refractivity contribution in [2.45, 2.75) is 20.3 Å². The summed E-state index contributed by atoms with van der Waals surface area (Å²) >= 11 is 0. The molecule has 1 aromatic carbocycles. The van der Waals surface area contributed by atoms with Gasteiger partial charge in [-0.05, 0) is 24.0 Å². The Balaban J connectivity index is 3.23. The average molecular weight is 242 g/mol. The Kier molecular flexibility index (Phi) is 4.34. The number of aliphatic hydroxyl groups excluding tert-OH is 1. The van der Waals surface area contributed by atoms with Gasteiger partial charge in [0.05, 0.1) is 14.2 Å². The molecule has 0 heterocycles. The van der Waals surface area contributed by atoms with E-state index in [0.717, 1.165) is 0 Å². The Morgan fingerprint density at radius 2 is 1.88 bits per heavy atom. The molecule has 1 N–H and O–H groups in total. The summed E-state index contributed by atoms with van der Waals surface area (Å²) in [5, 5.41) is 9.28. The van der Waals surface area contributed by atoms with Gasteiger partial charge in [0.25, 0.3) is 0 Å². The molecule has 4 heteroatoms. The molecule has 0 aliphatic heterocycles. The van der Waals surface area contributed by atoms with Crippen LogP contribution in [0.4, 0.5) is 4.39 Å². The highest BCUT2D eigenvalue weighted by molar-refractivity contribution is 5.46. The number of aliphatic hydroxyl groups is 1.